The summed E-state index contributed by atoms with van der Waals surface area (Å²) < 4.78 is 11.4. The highest BCUT2D eigenvalue weighted by Gasteiger charge is 2.25. The van der Waals surface area contributed by atoms with Gasteiger partial charge in [-0.05, 0) is 55.8 Å². The zero-order valence-corrected chi connectivity index (χ0v) is 20.9. The van der Waals surface area contributed by atoms with Gasteiger partial charge < -0.3 is 20.1 Å². The van der Waals surface area contributed by atoms with Crippen LogP contribution < -0.4 is 25.4 Å². The number of benzene rings is 2. The Kier molecular flexibility index (Phi) is 7.50. The number of nitrogens with two attached hydrogens (primary N) is 1. The standard InChI is InChI=1S/C26H29ClN6O3/c1-35-22-5-3-20-13-23(22)36-11-8-28-26(34)17-6-9-33(10-7-17)15-18-12-19(2-4-21(18)27)31-24-14-25(32-20)30-16-29-24/h2-5,12-14,16-17H,6-11,15H2,1H3,(H,28,34)(H2,29,30,31,32)/p+1. The molecule has 8 bridgehead atoms. The highest BCUT2D eigenvalue weighted by molar-refractivity contribution is 6.31. The quantitative estimate of drug-likeness (QED) is 0.433. The van der Waals surface area contributed by atoms with Crippen LogP contribution in [0.15, 0.2) is 48.8 Å². The number of rotatable bonds is 1. The van der Waals surface area contributed by atoms with Crippen LogP contribution in [0.4, 0.5) is 23.0 Å². The van der Waals surface area contributed by atoms with Gasteiger partial charge >= 0.3 is 0 Å². The van der Waals surface area contributed by atoms with Crippen molar-refractivity contribution in [1.29, 1.82) is 0 Å². The molecule has 0 unspecified atom stereocenters. The lowest BCUT2D eigenvalue weighted by Gasteiger charge is -2.31. The Balaban J connectivity index is 1.43. The fraction of sp³-hybridized carbons (Fsp3) is 0.346. The lowest BCUT2D eigenvalue weighted by atomic mass is 9.95. The summed E-state index contributed by atoms with van der Waals surface area (Å²) in [5.74, 6) is 2.77. The van der Waals surface area contributed by atoms with Gasteiger partial charge in [-0.2, -0.15) is 4.98 Å². The van der Waals surface area contributed by atoms with Crippen LogP contribution >= 0.6 is 11.6 Å². The number of piperidine rings is 1. The van der Waals surface area contributed by atoms with Crippen molar-refractivity contribution >= 4 is 40.5 Å². The van der Waals surface area contributed by atoms with E-state index in [1.807, 2.05) is 41.7 Å². The first-order valence-corrected chi connectivity index (χ1v) is 12.5. The molecule has 4 heterocycles. The summed E-state index contributed by atoms with van der Waals surface area (Å²) >= 11 is 6.53. The first-order valence-electron chi connectivity index (χ1n) is 12.1. The van der Waals surface area contributed by atoms with Crippen LogP contribution in [0, 0.1) is 5.92 Å². The van der Waals surface area contributed by atoms with Gasteiger partial charge in [0.05, 0.1) is 19.7 Å². The lowest BCUT2D eigenvalue weighted by Crippen LogP contribution is -2.71. The van der Waals surface area contributed by atoms with Gasteiger partial charge in [-0.1, -0.05) is 11.6 Å². The summed E-state index contributed by atoms with van der Waals surface area (Å²) in [5.41, 5.74) is 2.85. The van der Waals surface area contributed by atoms with E-state index in [2.05, 4.69) is 31.6 Å². The molecule has 1 fully saturated rings. The van der Waals surface area contributed by atoms with E-state index in [1.54, 1.807) is 7.11 Å². The summed E-state index contributed by atoms with van der Waals surface area (Å²) in [6.45, 7) is 3.20. The summed E-state index contributed by atoms with van der Waals surface area (Å²) in [5, 5.41) is 9.07. The lowest BCUT2D eigenvalue weighted by molar-refractivity contribution is -0.483. The van der Waals surface area contributed by atoms with Gasteiger partial charge in [0.15, 0.2) is 11.5 Å². The van der Waals surface area contributed by atoms with Crippen LogP contribution in [-0.4, -0.2) is 54.1 Å². The molecule has 0 radical (unpaired) electrons. The molecule has 10 heteroatoms. The van der Waals surface area contributed by atoms with Crippen LogP contribution in [0.3, 0.4) is 0 Å². The maximum absolute atomic E-state index is 12.7. The third kappa shape index (κ3) is 5.87. The number of aromatic nitrogens is 2. The number of hydrogen-bond acceptors (Lipinski definition) is 7. The maximum atomic E-state index is 12.7. The maximum Gasteiger partial charge on any atom is 0.234 e. The molecule has 4 N–H and O–H groups in total. The summed E-state index contributed by atoms with van der Waals surface area (Å²) in [4.78, 5) is 23.8. The molecule has 9 nitrogen and oxygen atoms in total. The van der Waals surface area contributed by atoms with Gasteiger partial charge in [0, 0.05) is 35.3 Å². The first-order chi connectivity index (χ1) is 17.6. The van der Waals surface area contributed by atoms with Gasteiger partial charge in [-0.15, -0.1) is 0 Å². The second-order valence-electron chi connectivity index (χ2n) is 9.00. The molecule has 36 heavy (non-hydrogen) atoms. The number of anilines is 2. The molecule has 0 aliphatic carbocycles. The molecular formula is C26H30ClN6O3+. The Morgan fingerprint density at radius 1 is 1.14 bits per heavy atom. The van der Waals surface area contributed by atoms with E-state index in [9.17, 15) is 4.79 Å². The van der Waals surface area contributed by atoms with Crippen molar-refractivity contribution in [2.75, 3.05) is 38.7 Å². The molecule has 1 aromatic heterocycles. The van der Waals surface area contributed by atoms with E-state index in [1.165, 1.54) is 6.33 Å². The third-order valence-electron chi connectivity index (χ3n) is 6.52. The Hall–Kier alpha value is -3.40. The van der Waals surface area contributed by atoms with Gasteiger partial charge in [0.2, 0.25) is 11.7 Å². The van der Waals surface area contributed by atoms with Crippen molar-refractivity contribution in [2.24, 2.45) is 5.92 Å². The molecule has 3 aromatic rings. The Bertz CT molecular complexity index is 1230. The zero-order valence-electron chi connectivity index (χ0n) is 20.2. The topological polar surface area (TPSA) is 105 Å². The predicted molar refractivity (Wildman–Crippen MR) is 138 cm³/mol. The van der Waals surface area contributed by atoms with E-state index in [4.69, 9.17) is 21.1 Å². The first kappa shape index (κ1) is 24.3. The minimum absolute atomic E-state index is 0.0103. The van der Waals surface area contributed by atoms with E-state index < -0.39 is 0 Å². The average molecular weight is 510 g/mol. The molecule has 0 atom stereocenters. The number of halogens is 1. The fourth-order valence-electron chi connectivity index (χ4n) is 4.58. The summed E-state index contributed by atoms with van der Waals surface area (Å²) in [7, 11) is 1.61. The van der Waals surface area contributed by atoms with Gasteiger partial charge in [-0.25, -0.2) is 4.98 Å². The number of carbonyl (C=O) groups excluding carboxylic acids is 1. The van der Waals surface area contributed by atoms with Crippen molar-refractivity contribution in [3.05, 3.63) is 59.4 Å². The van der Waals surface area contributed by atoms with Crippen molar-refractivity contribution < 1.29 is 19.6 Å². The van der Waals surface area contributed by atoms with Crippen LogP contribution in [-0.2, 0) is 11.3 Å². The summed E-state index contributed by atoms with van der Waals surface area (Å²) in [6, 6.07) is 13.5. The van der Waals surface area contributed by atoms with Crippen LogP contribution in [0.25, 0.3) is 0 Å². The molecule has 1 saturated heterocycles. The number of amides is 1. The molecule has 1 amide bonds. The number of ether oxygens (including phenoxy) is 2. The van der Waals surface area contributed by atoms with Crippen LogP contribution in [0.5, 0.6) is 11.5 Å². The normalized spacial score (nSPS) is 20.3. The van der Waals surface area contributed by atoms with E-state index in [0.717, 1.165) is 60.3 Å². The molecule has 2 aromatic carbocycles. The van der Waals surface area contributed by atoms with Gasteiger partial charge in [0.25, 0.3) is 0 Å². The van der Waals surface area contributed by atoms with E-state index in [0.29, 0.717) is 30.5 Å². The van der Waals surface area contributed by atoms with Crippen molar-refractivity contribution in [1.82, 2.24) is 20.2 Å². The number of quaternary nitrogens is 1. The van der Waals surface area contributed by atoms with E-state index in [-0.39, 0.29) is 11.8 Å². The molecule has 0 spiro atoms. The zero-order chi connectivity index (χ0) is 24.9. The SMILES string of the molecule is COc1ccc2cc1OCCNC(=O)C1CCN(CC1)Cc1cc(ccc1Cl)Nc1cc(ncn1)[NH2+]2. The summed E-state index contributed by atoms with van der Waals surface area (Å²) in [6.07, 6.45) is 3.17. The Morgan fingerprint density at radius 3 is 2.83 bits per heavy atom. The Morgan fingerprint density at radius 2 is 2.00 bits per heavy atom. The van der Waals surface area contributed by atoms with Crippen molar-refractivity contribution in [3.8, 4) is 11.5 Å². The van der Waals surface area contributed by atoms with E-state index >= 15 is 0 Å². The number of carbonyl (C=O) groups is 1. The van der Waals surface area contributed by atoms with Gasteiger partial charge in [0.1, 0.15) is 24.4 Å². The Labute approximate surface area is 215 Å². The second kappa shape index (κ2) is 11.1. The molecule has 3 aliphatic rings. The number of nitrogens with one attached hydrogen (secondary N) is 2. The highest BCUT2D eigenvalue weighted by atomic mass is 35.5. The average Bonchev–Trinajstić information content (AvgIpc) is 2.89. The van der Waals surface area contributed by atoms with Crippen molar-refractivity contribution in [2.45, 2.75) is 19.4 Å². The second-order valence-corrected chi connectivity index (χ2v) is 9.41. The minimum Gasteiger partial charge on any atom is -0.493 e. The minimum atomic E-state index is 0.0103. The predicted octanol–water partition coefficient (Wildman–Crippen LogP) is 3.13. The monoisotopic (exact) mass is 509 g/mol. The number of nitrogens with zero attached hydrogens (tertiary/aromatic N) is 3. The third-order valence-corrected chi connectivity index (χ3v) is 6.89. The van der Waals surface area contributed by atoms with Crippen molar-refractivity contribution in [3.63, 3.8) is 0 Å². The van der Waals surface area contributed by atoms with Crippen LogP contribution in [0.2, 0.25) is 5.02 Å². The highest BCUT2D eigenvalue weighted by Crippen LogP contribution is 2.29. The largest absolute Gasteiger partial charge is 0.493 e. The molecule has 3 aliphatic heterocycles. The number of methoxy groups -OCH3 is 1. The number of hydrogen-bond donors (Lipinski definition) is 3. The molecule has 6 rings (SSSR count). The molecule has 188 valence electrons. The van der Waals surface area contributed by atoms with Crippen LogP contribution in [0.1, 0.15) is 18.4 Å². The fourth-order valence-corrected chi connectivity index (χ4v) is 4.76. The smallest absolute Gasteiger partial charge is 0.234 e. The van der Waals surface area contributed by atoms with Gasteiger partial charge in [-0.3, -0.25) is 15.0 Å². The molecular weight excluding hydrogens is 480 g/mol. The number of fused-ring (bicyclic) bond motifs is 6. The molecule has 0 saturated carbocycles.